The molecule has 0 aliphatic carbocycles. The van der Waals surface area contributed by atoms with Crippen molar-refractivity contribution in [3.8, 4) is 22.3 Å². The third-order valence-corrected chi connectivity index (χ3v) is 7.49. The summed E-state index contributed by atoms with van der Waals surface area (Å²) < 4.78 is 0. The van der Waals surface area contributed by atoms with Gasteiger partial charge in [-0.2, -0.15) is 0 Å². The Morgan fingerprint density at radius 1 is 0.459 bits per heavy atom. The summed E-state index contributed by atoms with van der Waals surface area (Å²) in [6.45, 7) is 4.55. The summed E-state index contributed by atoms with van der Waals surface area (Å²) in [6.07, 6.45) is 1.07. The molecule has 0 aromatic heterocycles. The summed E-state index contributed by atoms with van der Waals surface area (Å²) in [5.41, 5.74) is 7.42. The van der Waals surface area contributed by atoms with Gasteiger partial charge in [-0.05, 0) is 93.5 Å². The van der Waals surface area contributed by atoms with Gasteiger partial charge in [-0.15, -0.1) is 0 Å². The van der Waals surface area contributed by atoms with Crippen LogP contribution in [0, 0.1) is 0 Å². The van der Waals surface area contributed by atoms with E-state index in [0.717, 1.165) is 6.42 Å². The van der Waals surface area contributed by atoms with E-state index in [1.807, 2.05) is 0 Å². The largest absolute Gasteiger partial charge is 0.339 e. The van der Waals surface area contributed by atoms with Gasteiger partial charge in [0.15, 0.2) is 0 Å². The Hall–Kier alpha value is -4.36. The Balaban J connectivity index is 1.30. The smallest absolute Gasteiger partial charge is 0.0413 e. The summed E-state index contributed by atoms with van der Waals surface area (Å²) in [5, 5.41) is 5.10. The first-order valence-electron chi connectivity index (χ1n) is 13.2. The molecule has 1 heteroatoms. The number of hydrogen-bond acceptors (Lipinski definition) is 1. The Bertz CT molecular complexity index is 1540. The number of nitrogens with zero attached hydrogens (tertiary/aromatic N) is 1. The van der Waals surface area contributed by atoms with Crippen LogP contribution in [-0.2, 0) is 0 Å². The van der Waals surface area contributed by atoms with Crippen molar-refractivity contribution in [2.45, 2.75) is 26.3 Å². The second kappa shape index (κ2) is 9.95. The van der Waals surface area contributed by atoms with E-state index in [1.54, 1.807) is 0 Å². The number of rotatable bonds is 6. The van der Waals surface area contributed by atoms with Gasteiger partial charge >= 0.3 is 0 Å². The average molecular weight is 478 g/mol. The predicted molar refractivity (Wildman–Crippen MR) is 161 cm³/mol. The summed E-state index contributed by atoms with van der Waals surface area (Å²) in [5.74, 6) is 0. The van der Waals surface area contributed by atoms with Crippen LogP contribution in [0.3, 0.4) is 0 Å². The molecule has 0 amide bonds. The molecule has 0 bridgehead atoms. The summed E-state index contributed by atoms with van der Waals surface area (Å²) >= 11 is 0. The molecule has 1 nitrogen and oxygen atoms in total. The van der Waals surface area contributed by atoms with Gasteiger partial charge < -0.3 is 4.90 Å². The van der Waals surface area contributed by atoms with E-state index < -0.39 is 0 Å². The molecule has 1 unspecified atom stereocenters. The zero-order valence-corrected chi connectivity index (χ0v) is 21.4. The van der Waals surface area contributed by atoms with Crippen LogP contribution in [-0.4, -0.2) is 6.04 Å². The van der Waals surface area contributed by atoms with Crippen LogP contribution in [0.1, 0.15) is 20.3 Å². The van der Waals surface area contributed by atoms with E-state index in [0.29, 0.717) is 6.04 Å². The Morgan fingerprint density at radius 2 is 0.838 bits per heavy atom. The molecular weight excluding hydrogens is 446 g/mol. The third kappa shape index (κ3) is 4.61. The van der Waals surface area contributed by atoms with Crippen molar-refractivity contribution < 1.29 is 0 Å². The van der Waals surface area contributed by atoms with Gasteiger partial charge in [0.2, 0.25) is 0 Å². The summed E-state index contributed by atoms with van der Waals surface area (Å²) in [6, 6.07) is 48.9. The van der Waals surface area contributed by atoms with Crippen molar-refractivity contribution in [3.63, 3.8) is 0 Å². The highest BCUT2D eigenvalue weighted by atomic mass is 15.2. The topological polar surface area (TPSA) is 3.24 Å². The zero-order valence-electron chi connectivity index (χ0n) is 21.4. The molecule has 6 rings (SSSR count). The average Bonchev–Trinajstić information content (AvgIpc) is 2.97. The molecule has 180 valence electrons. The lowest BCUT2D eigenvalue weighted by Gasteiger charge is -2.31. The van der Waals surface area contributed by atoms with Crippen molar-refractivity contribution in [1.82, 2.24) is 0 Å². The van der Waals surface area contributed by atoms with Crippen LogP contribution in [0.5, 0.6) is 0 Å². The molecule has 0 spiro atoms. The van der Waals surface area contributed by atoms with Crippen molar-refractivity contribution in [1.29, 1.82) is 0 Å². The van der Waals surface area contributed by atoms with Gasteiger partial charge in [0.05, 0.1) is 0 Å². The highest BCUT2D eigenvalue weighted by Gasteiger charge is 2.16. The van der Waals surface area contributed by atoms with Crippen LogP contribution >= 0.6 is 0 Å². The lowest BCUT2D eigenvalue weighted by molar-refractivity contribution is 0.688. The van der Waals surface area contributed by atoms with Crippen LogP contribution < -0.4 is 4.90 Å². The van der Waals surface area contributed by atoms with Crippen molar-refractivity contribution >= 4 is 32.9 Å². The van der Waals surface area contributed by atoms with Gasteiger partial charge in [-0.25, -0.2) is 0 Å². The van der Waals surface area contributed by atoms with Crippen LogP contribution in [0.15, 0.2) is 133 Å². The first-order valence-corrected chi connectivity index (χ1v) is 13.2. The van der Waals surface area contributed by atoms with Gasteiger partial charge in [0.1, 0.15) is 0 Å². The molecule has 0 saturated heterocycles. The maximum Gasteiger partial charge on any atom is 0.0413 e. The number of fused-ring (bicyclic) bond motifs is 2. The lowest BCUT2D eigenvalue weighted by Crippen LogP contribution is -2.27. The fourth-order valence-electron chi connectivity index (χ4n) is 5.21. The highest BCUT2D eigenvalue weighted by Crippen LogP contribution is 2.34. The van der Waals surface area contributed by atoms with Gasteiger partial charge in [0.25, 0.3) is 0 Å². The molecule has 0 fully saturated rings. The van der Waals surface area contributed by atoms with E-state index in [-0.39, 0.29) is 0 Å². The monoisotopic (exact) mass is 477 g/mol. The van der Waals surface area contributed by atoms with Gasteiger partial charge in [0, 0.05) is 17.4 Å². The minimum absolute atomic E-state index is 0.387. The predicted octanol–water partition coefficient (Wildman–Crippen LogP) is 10.3. The van der Waals surface area contributed by atoms with Crippen LogP contribution in [0.4, 0.5) is 11.4 Å². The first-order chi connectivity index (χ1) is 18.2. The normalized spacial score (nSPS) is 12.1. The molecule has 0 aliphatic rings. The summed E-state index contributed by atoms with van der Waals surface area (Å²) in [4.78, 5) is 2.45. The molecule has 6 aromatic rings. The van der Waals surface area contributed by atoms with Crippen LogP contribution in [0.25, 0.3) is 43.8 Å². The zero-order chi connectivity index (χ0) is 25.2. The number of benzene rings is 6. The standard InChI is InChI=1S/C36H31N/c1-3-26(2)37(35-20-16-29(17-21-35)33-14-12-27-8-4-6-10-31(27)24-33)36-22-18-30(19-23-36)34-15-13-28-9-5-7-11-32(28)25-34/h4-26H,3H2,1-2H3. The van der Waals surface area contributed by atoms with Crippen LogP contribution in [0.2, 0.25) is 0 Å². The maximum absolute atomic E-state index is 2.45. The first kappa shape index (κ1) is 23.1. The number of hydrogen-bond donors (Lipinski definition) is 0. The quantitative estimate of drug-likeness (QED) is 0.231. The molecule has 6 aromatic carbocycles. The SMILES string of the molecule is CCC(C)N(c1ccc(-c2ccc3ccccc3c2)cc1)c1ccc(-c2ccc3ccccc3c2)cc1. The minimum atomic E-state index is 0.387. The molecule has 0 aliphatic heterocycles. The number of anilines is 2. The van der Waals surface area contributed by atoms with E-state index in [4.69, 9.17) is 0 Å². The second-order valence-corrected chi connectivity index (χ2v) is 9.84. The van der Waals surface area contributed by atoms with E-state index >= 15 is 0 Å². The fourth-order valence-corrected chi connectivity index (χ4v) is 5.21. The molecule has 37 heavy (non-hydrogen) atoms. The molecule has 0 saturated carbocycles. The Labute approximate surface area is 219 Å². The second-order valence-electron chi connectivity index (χ2n) is 9.84. The van der Waals surface area contributed by atoms with Gasteiger partial charge in [-0.1, -0.05) is 104 Å². The van der Waals surface area contributed by atoms with Crippen molar-refractivity contribution in [2.24, 2.45) is 0 Å². The molecule has 0 radical (unpaired) electrons. The van der Waals surface area contributed by atoms with E-state index in [1.165, 1.54) is 55.2 Å². The van der Waals surface area contributed by atoms with Crippen molar-refractivity contribution in [2.75, 3.05) is 4.90 Å². The summed E-state index contributed by atoms with van der Waals surface area (Å²) in [7, 11) is 0. The maximum atomic E-state index is 2.45. The van der Waals surface area contributed by atoms with Crippen molar-refractivity contribution in [3.05, 3.63) is 133 Å². The van der Waals surface area contributed by atoms with E-state index in [2.05, 4.69) is 152 Å². The molecule has 0 N–H and O–H groups in total. The molecule has 0 heterocycles. The minimum Gasteiger partial charge on any atom is -0.339 e. The Kier molecular flexibility index (Phi) is 6.20. The van der Waals surface area contributed by atoms with Gasteiger partial charge in [-0.3, -0.25) is 0 Å². The van der Waals surface area contributed by atoms with E-state index in [9.17, 15) is 0 Å². The molecule has 1 atom stereocenters. The Morgan fingerprint density at radius 3 is 1.24 bits per heavy atom. The lowest BCUT2D eigenvalue weighted by atomic mass is 10.00. The third-order valence-electron chi connectivity index (χ3n) is 7.49. The fraction of sp³-hybridized carbons (Fsp3) is 0.111. The highest BCUT2D eigenvalue weighted by molar-refractivity contribution is 5.88. The molecular formula is C36H31N.